The maximum atomic E-state index is 2.46. The van der Waals surface area contributed by atoms with Gasteiger partial charge < -0.3 is 4.90 Å². The molecule has 0 bridgehead atoms. The summed E-state index contributed by atoms with van der Waals surface area (Å²) in [6.45, 7) is 0. The lowest BCUT2D eigenvalue weighted by Gasteiger charge is -2.27. The molecule has 2 heteroatoms. The highest BCUT2D eigenvalue weighted by molar-refractivity contribution is 7.26. The summed E-state index contributed by atoms with van der Waals surface area (Å²) < 4.78 is 2.59. The Kier molecular flexibility index (Phi) is 7.11. The molecule has 252 valence electrons. The largest absolute Gasteiger partial charge is 0.310 e. The van der Waals surface area contributed by atoms with Gasteiger partial charge in [-0.25, -0.2) is 0 Å². The van der Waals surface area contributed by atoms with Crippen LogP contribution in [0, 0.1) is 0 Å². The van der Waals surface area contributed by atoms with Crippen LogP contribution in [-0.4, -0.2) is 0 Å². The molecule has 0 aliphatic carbocycles. The molecule has 54 heavy (non-hydrogen) atoms. The van der Waals surface area contributed by atoms with Crippen molar-refractivity contribution in [1.82, 2.24) is 0 Å². The SMILES string of the molecule is c1ccc(-c2cccc(N(c3ccc(-c4cc5ccc6ccccc6c5c5ccccc45)cc3)c3cccc4sc5ccc6ccccc6c5c34)c2)cc1. The molecule has 11 aromatic rings. The summed E-state index contributed by atoms with van der Waals surface area (Å²) in [5.74, 6) is 0. The summed E-state index contributed by atoms with van der Waals surface area (Å²) in [6.07, 6.45) is 0. The maximum Gasteiger partial charge on any atom is 0.0555 e. The Balaban J connectivity index is 1.13. The summed E-state index contributed by atoms with van der Waals surface area (Å²) in [6, 6.07) is 73.5. The van der Waals surface area contributed by atoms with Gasteiger partial charge in [-0.15, -0.1) is 11.3 Å². The van der Waals surface area contributed by atoms with Gasteiger partial charge in [0.05, 0.1) is 5.69 Å². The zero-order valence-corrected chi connectivity index (χ0v) is 30.2. The smallest absolute Gasteiger partial charge is 0.0555 e. The van der Waals surface area contributed by atoms with Gasteiger partial charge in [0.25, 0.3) is 0 Å². The first kappa shape index (κ1) is 30.8. The zero-order chi connectivity index (χ0) is 35.6. The molecule has 0 atom stereocenters. The molecule has 1 aromatic heterocycles. The van der Waals surface area contributed by atoms with Gasteiger partial charge in [0.1, 0.15) is 0 Å². The topological polar surface area (TPSA) is 3.24 Å². The van der Waals surface area contributed by atoms with Gasteiger partial charge in [-0.3, -0.25) is 0 Å². The van der Waals surface area contributed by atoms with E-state index in [-0.39, 0.29) is 0 Å². The van der Waals surface area contributed by atoms with Crippen molar-refractivity contribution in [1.29, 1.82) is 0 Å². The van der Waals surface area contributed by atoms with E-state index in [1.54, 1.807) is 0 Å². The van der Waals surface area contributed by atoms with Gasteiger partial charge in [-0.2, -0.15) is 0 Å². The molecule has 0 spiro atoms. The number of nitrogens with zero attached hydrogens (tertiary/aromatic N) is 1. The summed E-state index contributed by atoms with van der Waals surface area (Å²) in [5, 5.41) is 12.9. The molecule has 0 fully saturated rings. The number of rotatable bonds is 5. The van der Waals surface area contributed by atoms with Crippen molar-refractivity contribution in [2.45, 2.75) is 0 Å². The van der Waals surface area contributed by atoms with Crippen LogP contribution in [0.3, 0.4) is 0 Å². The second kappa shape index (κ2) is 12.4. The van der Waals surface area contributed by atoms with Crippen LogP contribution < -0.4 is 4.90 Å². The quantitative estimate of drug-likeness (QED) is 0.161. The average Bonchev–Trinajstić information content (AvgIpc) is 3.64. The first-order chi connectivity index (χ1) is 26.8. The molecule has 11 rings (SSSR count). The molecule has 0 aliphatic heterocycles. The predicted molar refractivity (Wildman–Crippen MR) is 235 cm³/mol. The number of benzene rings is 10. The molecule has 10 aromatic carbocycles. The van der Waals surface area contributed by atoms with E-state index in [0.29, 0.717) is 0 Å². The Morgan fingerprint density at radius 1 is 0.315 bits per heavy atom. The Labute approximate surface area is 317 Å². The molecule has 1 nitrogen and oxygen atoms in total. The van der Waals surface area contributed by atoms with E-state index in [0.717, 1.165) is 11.4 Å². The highest BCUT2D eigenvalue weighted by Gasteiger charge is 2.21. The van der Waals surface area contributed by atoms with Crippen molar-refractivity contribution >= 4 is 91.7 Å². The molecule has 1 heterocycles. The van der Waals surface area contributed by atoms with E-state index in [1.165, 1.54) is 91.2 Å². The van der Waals surface area contributed by atoms with E-state index in [2.05, 4.69) is 205 Å². The van der Waals surface area contributed by atoms with Crippen LogP contribution in [0.1, 0.15) is 0 Å². The standard InChI is InChI=1S/C52H33NS/c1-2-12-34(13-3-1)38-16-10-17-41(32-38)53(47-22-11-23-48-52(47)51-43-19-7-5-15-36(43)28-31-49(51)54-48)40-29-26-37(27-30-40)46-33-39-25-24-35-14-4-6-18-42(35)50(39)45-21-9-8-20-44(45)46/h1-33H. The van der Waals surface area contributed by atoms with Crippen LogP contribution in [0.2, 0.25) is 0 Å². The van der Waals surface area contributed by atoms with Crippen molar-refractivity contribution in [2.24, 2.45) is 0 Å². The molecule has 0 saturated heterocycles. The molecule has 0 saturated carbocycles. The fourth-order valence-corrected chi connectivity index (χ4v) is 9.69. The van der Waals surface area contributed by atoms with Crippen molar-refractivity contribution in [3.05, 3.63) is 200 Å². The van der Waals surface area contributed by atoms with Gasteiger partial charge in [-0.05, 0) is 114 Å². The minimum atomic E-state index is 1.12. The van der Waals surface area contributed by atoms with Crippen LogP contribution in [-0.2, 0) is 0 Å². The normalized spacial score (nSPS) is 11.7. The lowest BCUT2D eigenvalue weighted by Crippen LogP contribution is -2.10. The molecule has 0 aliphatic rings. The monoisotopic (exact) mass is 703 g/mol. The minimum absolute atomic E-state index is 1.12. The predicted octanol–water partition coefficient (Wildman–Crippen LogP) is 15.5. The van der Waals surface area contributed by atoms with E-state index in [4.69, 9.17) is 0 Å². The first-order valence-corrected chi connectivity index (χ1v) is 19.3. The van der Waals surface area contributed by atoms with E-state index >= 15 is 0 Å². The van der Waals surface area contributed by atoms with Crippen LogP contribution in [0.15, 0.2) is 200 Å². The maximum absolute atomic E-state index is 2.46. The lowest BCUT2D eigenvalue weighted by molar-refractivity contribution is 1.30. The van der Waals surface area contributed by atoms with Crippen LogP contribution in [0.4, 0.5) is 17.1 Å². The third-order valence-corrected chi connectivity index (χ3v) is 12.1. The number of thiophene rings is 1. The second-order valence-corrected chi connectivity index (χ2v) is 15.1. The Bertz CT molecular complexity index is 3210. The van der Waals surface area contributed by atoms with Crippen LogP contribution in [0.25, 0.3) is 85.5 Å². The molecule has 0 radical (unpaired) electrons. The van der Waals surface area contributed by atoms with Crippen LogP contribution in [0.5, 0.6) is 0 Å². The molecule has 0 amide bonds. The zero-order valence-electron chi connectivity index (χ0n) is 29.4. The van der Waals surface area contributed by atoms with Crippen molar-refractivity contribution in [2.75, 3.05) is 4.90 Å². The van der Waals surface area contributed by atoms with Gasteiger partial charge in [0.2, 0.25) is 0 Å². The number of anilines is 3. The Morgan fingerprint density at radius 2 is 0.926 bits per heavy atom. The van der Waals surface area contributed by atoms with Gasteiger partial charge >= 0.3 is 0 Å². The van der Waals surface area contributed by atoms with Crippen molar-refractivity contribution < 1.29 is 0 Å². The fourth-order valence-electron chi connectivity index (χ4n) is 8.54. The second-order valence-electron chi connectivity index (χ2n) is 14.1. The van der Waals surface area contributed by atoms with E-state index < -0.39 is 0 Å². The van der Waals surface area contributed by atoms with E-state index in [1.807, 2.05) is 11.3 Å². The van der Waals surface area contributed by atoms with Crippen molar-refractivity contribution in [3.8, 4) is 22.3 Å². The summed E-state index contributed by atoms with van der Waals surface area (Å²) >= 11 is 1.87. The highest BCUT2D eigenvalue weighted by Crippen LogP contribution is 2.48. The molecule has 0 unspecified atom stereocenters. The van der Waals surface area contributed by atoms with Gasteiger partial charge in [0, 0.05) is 31.5 Å². The van der Waals surface area contributed by atoms with E-state index in [9.17, 15) is 0 Å². The average molecular weight is 704 g/mol. The third kappa shape index (κ3) is 4.92. The summed E-state index contributed by atoms with van der Waals surface area (Å²) in [5.41, 5.74) is 8.26. The minimum Gasteiger partial charge on any atom is -0.310 e. The fraction of sp³-hybridized carbons (Fsp3) is 0. The first-order valence-electron chi connectivity index (χ1n) is 18.5. The number of fused-ring (bicyclic) bond motifs is 10. The molecule has 0 N–H and O–H groups in total. The third-order valence-electron chi connectivity index (χ3n) is 11.0. The lowest BCUT2D eigenvalue weighted by atomic mass is 9.90. The Hall–Kier alpha value is -6.74. The number of hydrogen-bond acceptors (Lipinski definition) is 2. The summed E-state index contributed by atoms with van der Waals surface area (Å²) in [4.78, 5) is 2.46. The molecular weight excluding hydrogens is 671 g/mol. The highest BCUT2D eigenvalue weighted by atomic mass is 32.1. The van der Waals surface area contributed by atoms with Gasteiger partial charge in [0.15, 0.2) is 0 Å². The molecular formula is C52H33NS. The summed E-state index contributed by atoms with van der Waals surface area (Å²) in [7, 11) is 0. The van der Waals surface area contributed by atoms with Crippen LogP contribution >= 0.6 is 11.3 Å². The van der Waals surface area contributed by atoms with Crippen molar-refractivity contribution in [3.63, 3.8) is 0 Å². The Morgan fingerprint density at radius 3 is 1.72 bits per heavy atom. The van der Waals surface area contributed by atoms with Gasteiger partial charge in [-0.1, -0.05) is 152 Å². The number of hydrogen-bond donors (Lipinski definition) is 0.